The number of aryl methyl sites for hydroxylation is 1. The van der Waals surface area contributed by atoms with Crippen LogP contribution in [0.15, 0.2) is 52.3 Å². The van der Waals surface area contributed by atoms with Crippen LogP contribution in [0.4, 0.5) is 5.69 Å². The standard InChI is InChI=1S/C21H27N3O6S2/c1-16-6-9-19(31(26,27)23(2)3)14-20(16)22-21(25)15-30-17-7-10-18(11-8-17)32(28,29)24-12-4-5-13-24/h6-11,14H,4-5,12-13,15H2,1-3H3,(H,22,25). The van der Waals surface area contributed by atoms with Gasteiger partial charge in [-0.25, -0.2) is 21.1 Å². The number of ether oxygens (including phenoxy) is 1. The Morgan fingerprint density at radius 1 is 1.00 bits per heavy atom. The summed E-state index contributed by atoms with van der Waals surface area (Å²) in [6.07, 6.45) is 1.72. The van der Waals surface area contributed by atoms with Crippen molar-refractivity contribution in [2.24, 2.45) is 0 Å². The zero-order valence-corrected chi connectivity index (χ0v) is 19.9. The molecule has 1 amide bonds. The molecule has 1 saturated heterocycles. The molecule has 2 aromatic carbocycles. The first kappa shape index (κ1) is 24.2. The number of carbonyl (C=O) groups excluding carboxylic acids is 1. The van der Waals surface area contributed by atoms with E-state index < -0.39 is 26.0 Å². The van der Waals surface area contributed by atoms with Crippen LogP contribution in [0.2, 0.25) is 0 Å². The van der Waals surface area contributed by atoms with Crippen LogP contribution in [0, 0.1) is 6.92 Å². The van der Waals surface area contributed by atoms with Gasteiger partial charge in [0, 0.05) is 32.9 Å². The zero-order valence-electron chi connectivity index (χ0n) is 18.2. The summed E-state index contributed by atoms with van der Waals surface area (Å²) in [5, 5.41) is 2.66. The number of rotatable bonds is 8. The summed E-state index contributed by atoms with van der Waals surface area (Å²) in [5.41, 5.74) is 1.07. The maximum Gasteiger partial charge on any atom is 0.262 e. The molecule has 0 unspecified atom stereocenters. The van der Waals surface area contributed by atoms with Gasteiger partial charge >= 0.3 is 0 Å². The maximum atomic E-state index is 12.6. The Morgan fingerprint density at radius 2 is 1.59 bits per heavy atom. The molecule has 2 aromatic rings. The van der Waals surface area contributed by atoms with Crippen LogP contribution < -0.4 is 10.1 Å². The van der Waals surface area contributed by atoms with E-state index in [2.05, 4.69) is 5.32 Å². The first-order chi connectivity index (χ1) is 15.0. The molecule has 1 aliphatic heterocycles. The van der Waals surface area contributed by atoms with Crippen molar-refractivity contribution in [1.82, 2.24) is 8.61 Å². The number of amides is 1. The van der Waals surface area contributed by atoms with E-state index in [1.165, 1.54) is 54.8 Å². The van der Waals surface area contributed by atoms with Crippen LogP contribution in [-0.4, -0.2) is 65.1 Å². The van der Waals surface area contributed by atoms with E-state index in [0.717, 1.165) is 17.1 Å². The molecule has 0 radical (unpaired) electrons. The first-order valence-electron chi connectivity index (χ1n) is 10.1. The zero-order chi connectivity index (χ0) is 23.5. The van der Waals surface area contributed by atoms with Gasteiger partial charge in [0.1, 0.15) is 5.75 Å². The summed E-state index contributed by atoms with van der Waals surface area (Å²) in [4.78, 5) is 12.6. The molecule has 0 bridgehead atoms. The Labute approximate surface area is 189 Å². The van der Waals surface area contributed by atoms with Gasteiger partial charge in [-0.05, 0) is 61.7 Å². The lowest BCUT2D eigenvalue weighted by atomic mass is 10.2. The fraction of sp³-hybridized carbons (Fsp3) is 0.381. The second kappa shape index (κ2) is 9.57. The van der Waals surface area contributed by atoms with Gasteiger partial charge in [0.25, 0.3) is 5.91 Å². The first-order valence-corrected chi connectivity index (χ1v) is 13.0. The lowest BCUT2D eigenvalue weighted by molar-refractivity contribution is -0.118. The molecule has 0 saturated carbocycles. The van der Waals surface area contributed by atoms with E-state index in [-0.39, 0.29) is 16.4 Å². The molecular formula is C21H27N3O6S2. The van der Waals surface area contributed by atoms with E-state index in [9.17, 15) is 21.6 Å². The third-order valence-electron chi connectivity index (χ3n) is 5.16. The third-order valence-corrected chi connectivity index (χ3v) is 8.88. The van der Waals surface area contributed by atoms with Crippen molar-refractivity contribution in [1.29, 1.82) is 0 Å². The highest BCUT2D eigenvalue weighted by molar-refractivity contribution is 7.89. The van der Waals surface area contributed by atoms with Crippen LogP contribution in [-0.2, 0) is 24.8 Å². The number of nitrogens with zero attached hydrogens (tertiary/aromatic N) is 2. The number of hydrogen-bond acceptors (Lipinski definition) is 6. The predicted molar refractivity (Wildman–Crippen MR) is 121 cm³/mol. The number of nitrogens with one attached hydrogen (secondary N) is 1. The molecule has 174 valence electrons. The summed E-state index contributed by atoms with van der Waals surface area (Å²) in [7, 11) is -4.27. The fourth-order valence-corrected chi connectivity index (χ4v) is 5.67. The van der Waals surface area contributed by atoms with Gasteiger partial charge in [-0.2, -0.15) is 4.31 Å². The van der Waals surface area contributed by atoms with Crippen molar-refractivity contribution < 1.29 is 26.4 Å². The Kier molecular flexibility index (Phi) is 7.23. The smallest absolute Gasteiger partial charge is 0.262 e. The Balaban J connectivity index is 1.63. The molecule has 3 rings (SSSR count). The van der Waals surface area contributed by atoms with Gasteiger partial charge in [0.05, 0.1) is 9.79 Å². The van der Waals surface area contributed by atoms with Crippen LogP contribution in [0.25, 0.3) is 0 Å². The van der Waals surface area contributed by atoms with Crippen LogP contribution >= 0.6 is 0 Å². The Morgan fingerprint density at radius 3 is 2.19 bits per heavy atom. The molecular weight excluding hydrogens is 454 g/mol. The van der Waals surface area contributed by atoms with Crippen LogP contribution in [0.1, 0.15) is 18.4 Å². The second-order valence-corrected chi connectivity index (χ2v) is 11.8. The third kappa shape index (κ3) is 5.29. The highest BCUT2D eigenvalue weighted by Crippen LogP contribution is 2.24. The summed E-state index contributed by atoms with van der Waals surface area (Å²) < 4.78 is 57.8. The van der Waals surface area contributed by atoms with Gasteiger partial charge in [0.15, 0.2) is 6.61 Å². The highest BCUT2D eigenvalue weighted by Gasteiger charge is 2.27. The topological polar surface area (TPSA) is 113 Å². The lowest BCUT2D eigenvalue weighted by Crippen LogP contribution is -2.27. The van der Waals surface area contributed by atoms with Crippen molar-refractivity contribution in [3.05, 3.63) is 48.0 Å². The van der Waals surface area contributed by atoms with Crippen LogP contribution in [0.5, 0.6) is 5.75 Å². The number of anilines is 1. The minimum Gasteiger partial charge on any atom is -0.484 e. The van der Waals surface area contributed by atoms with Crippen molar-refractivity contribution in [2.75, 3.05) is 39.1 Å². The molecule has 1 N–H and O–H groups in total. The van der Waals surface area contributed by atoms with Gasteiger partial charge in [-0.1, -0.05) is 6.07 Å². The van der Waals surface area contributed by atoms with E-state index in [4.69, 9.17) is 4.74 Å². The average molecular weight is 482 g/mol. The normalized spacial score (nSPS) is 15.1. The minimum atomic E-state index is -3.63. The van der Waals surface area contributed by atoms with E-state index >= 15 is 0 Å². The molecule has 0 atom stereocenters. The van der Waals surface area contributed by atoms with E-state index in [1.54, 1.807) is 13.0 Å². The minimum absolute atomic E-state index is 0.0686. The molecule has 32 heavy (non-hydrogen) atoms. The van der Waals surface area contributed by atoms with Gasteiger partial charge in [-0.3, -0.25) is 4.79 Å². The maximum absolute atomic E-state index is 12.6. The van der Waals surface area contributed by atoms with Crippen molar-refractivity contribution >= 4 is 31.6 Å². The molecule has 1 heterocycles. The molecule has 0 spiro atoms. The monoisotopic (exact) mass is 481 g/mol. The molecule has 1 fully saturated rings. The second-order valence-electron chi connectivity index (χ2n) is 7.68. The van der Waals surface area contributed by atoms with Crippen molar-refractivity contribution in [2.45, 2.75) is 29.6 Å². The Hall–Kier alpha value is -2.47. The van der Waals surface area contributed by atoms with E-state index in [0.29, 0.717) is 30.1 Å². The SMILES string of the molecule is Cc1ccc(S(=O)(=O)N(C)C)cc1NC(=O)COc1ccc(S(=O)(=O)N2CCCC2)cc1. The van der Waals surface area contributed by atoms with Crippen molar-refractivity contribution in [3.63, 3.8) is 0 Å². The van der Waals surface area contributed by atoms with Gasteiger partial charge in [-0.15, -0.1) is 0 Å². The number of benzene rings is 2. The van der Waals surface area contributed by atoms with Gasteiger partial charge < -0.3 is 10.1 Å². The predicted octanol–water partition coefficient (Wildman–Crippen LogP) is 2.05. The number of hydrogen-bond donors (Lipinski definition) is 1. The van der Waals surface area contributed by atoms with Gasteiger partial charge in [0.2, 0.25) is 20.0 Å². The van der Waals surface area contributed by atoms with Crippen molar-refractivity contribution in [3.8, 4) is 5.75 Å². The van der Waals surface area contributed by atoms with Crippen LogP contribution in [0.3, 0.4) is 0 Å². The summed E-state index contributed by atoms with van der Waals surface area (Å²) in [6, 6.07) is 10.4. The summed E-state index contributed by atoms with van der Waals surface area (Å²) >= 11 is 0. The molecule has 0 aromatic heterocycles. The summed E-state index contributed by atoms with van der Waals surface area (Å²) in [5.74, 6) is -0.123. The average Bonchev–Trinajstić information content (AvgIpc) is 3.30. The Bertz CT molecular complexity index is 1190. The lowest BCUT2D eigenvalue weighted by Gasteiger charge is -2.16. The fourth-order valence-electron chi connectivity index (χ4n) is 3.23. The molecule has 0 aliphatic carbocycles. The number of carbonyl (C=O) groups is 1. The van der Waals surface area contributed by atoms with E-state index in [1.807, 2.05) is 0 Å². The molecule has 9 nitrogen and oxygen atoms in total. The molecule has 11 heteroatoms. The number of sulfonamides is 2. The molecule has 1 aliphatic rings. The summed E-state index contributed by atoms with van der Waals surface area (Å²) in [6.45, 7) is 2.48. The largest absolute Gasteiger partial charge is 0.484 e. The quantitative estimate of drug-likeness (QED) is 0.617. The highest BCUT2D eigenvalue weighted by atomic mass is 32.2.